The maximum atomic E-state index is 12.5. The molecule has 3 nitrogen and oxygen atoms in total. The highest BCUT2D eigenvalue weighted by Gasteiger charge is 2.13. The molecule has 0 amide bonds. The summed E-state index contributed by atoms with van der Waals surface area (Å²) in [4.78, 5) is 12.5. The Labute approximate surface area is 119 Å². The first-order valence-corrected chi connectivity index (χ1v) is 6.40. The van der Waals surface area contributed by atoms with Crippen molar-refractivity contribution in [1.82, 2.24) is 0 Å². The number of carbonyl (C=O) groups is 1. The molecule has 0 saturated carbocycles. The Morgan fingerprint density at radius 1 is 0.850 bits per heavy atom. The Balaban J connectivity index is 2.37. The van der Waals surface area contributed by atoms with E-state index in [1.807, 2.05) is 26.0 Å². The number of ketones is 1. The van der Waals surface area contributed by atoms with Crippen molar-refractivity contribution in [3.05, 3.63) is 58.7 Å². The Morgan fingerprint density at radius 3 is 1.85 bits per heavy atom. The van der Waals surface area contributed by atoms with Gasteiger partial charge in [-0.3, -0.25) is 4.79 Å². The second-order valence-electron chi connectivity index (χ2n) is 4.70. The summed E-state index contributed by atoms with van der Waals surface area (Å²) in [6, 6.07) is 10.8. The molecule has 0 heterocycles. The van der Waals surface area contributed by atoms with Crippen LogP contribution in [0.1, 0.15) is 27.0 Å². The molecule has 20 heavy (non-hydrogen) atoms. The maximum absolute atomic E-state index is 12.5. The first kappa shape index (κ1) is 14.1. The summed E-state index contributed by atoms with van der Waals surface area (Å²) in [6.07, 6.45) is 0. The molecular weight excluding hydrogens is 252 g/mol. The molecule has 0 aliphatic rings. The molecular formula is C17H18O3. The molecule has 0 aliphatic heterocycles. The Hall–Kier alpha value is -2.29. The van der Waals surface area contributed by atoms with Crippen LogP contribution in [0, 0.1) is 13.8 Å². The van der Waals surface area contributed by atoms with E-state index >= 15 is 0 Å². The molecule has 0 aromatic heterocycles. The van der Waals surface area contributed by atoms with Gasteiger partial charge in [0.15, 0.2) is 5.78 Å². The summed E-state index contributed by atoms with van der Waals surface area (Å²) in [5.41, 5.74) is 3.24. The average Bonchev–Trinajstić information content (AvgIpc) is 2.46. The minimum absolute atomic E-state index is 0.00139. The number of aryl methyl sites for hydroxylation is 2. The van der Waals surface area contributed by atoms with Crippen LogP contribution in [0.2, 0.25) is 0 Å². The number of benzene rings is 2. The number of hydrogen-bond acceptors (Lipinski definition) is 3. The monoisotopic (exact) mass is 270 g/mol. The van der Waals surface area contributed by atoms with E-state index in [0.717, 1.165) is 22.6 Å². The maximum Gasteiger partial charge on any atom is 0.193 e. The SMILES string of the molecule is COc1ccc(C(=O)c2cc(C)c(OC)c(C)c2)cc1. The van der Waals surface area contributed by atoms with Crippen LogP contribution in [-0.2, 0) is 0 Å². The van der Waals surface area contributed by atoms with Gasteiger partial charge in [0, 0.05) is 11.1 Å². The summed E-state index contributed by atoms with van der Waals surface area (Å²) in [6.45, 7) is 3.88. The van der Waals surface area contributed by atoms with Crippen molar-refractivity contribution in [1.29, 1.82) is 0 Å². The van der Waals surface area contributed by atoms with Crippen LogP contribution in [0.4, 0.5) is 0 Å². The van der Waals surface area contributed by atoms with Gasteiger partial charge in [-0.05, 0) is 61.4 Å². The fourth-order valence-corrected chi connectivity index (χ4v) is 2.31. The molecule has 0 N–H and O–H groups in total. The highest BCUT2D eigenvalue weighted by atomic mass is 16.5. The van der Waals surface area contributed by atoms with E-state index < -0.39 is 0 Å². The minimum atomic E-state index is 0.00139. The molecule has 104 valence electrons. The molecule has 0 aliphatic carbocycles. The lowest BCUT2D eigenvalue weighted by Gasteiger charge is -2.11. The Kier molecular flexibility index (Phi) is 4.08. The smallest absolute Gasteiger partial charge is 0.193 e. The third-order valence-electron chi connectivity index (χ3n) is 3.28. The Morgan fingerprint density at radius 2 is 1.40 bits per heavy atom. The topological polar surface area (TPSA) is 35.5 Å². The lowest BCUT2D eigenvalue weighted by Crippen LogP contribution is -2.03. The van der Waals surface area contributed by atoms with Crippen molar-refractivity contribution in [2.45, 2.75) is 13.8 Å². The lowest BCUT2D eigenvalue weighted by molar-refractivity contribution is 0.103. The molecule has 3 heteroatoms. The van der Waals surface area contributed by atoms with Gasteiger partial charge in [0.2, 0.25) is 0 Å². The van der Waals surface area contributed by atoms with Crippen LogP contribution in [0.5, 0.6) is 11.5 Å². The van der Waals surface area contributed by atoms with E-state index in [1.54, 1.807) is 38.5 Å². The number of carbonyl (C=O) groups excluding carboxylic acids is 1. The van der Waals surface area contributed by atoms with Gasteiger partial charge in [-0.1, -0.05) is 0 Å². The molecule has 0 saturated heterocycles. The predicted molar refractivity (Wildman–Crippen MR) is 78.9 cm³/mol. The molecule has 0 spiro atoms. The summed E-state index contributed by atoms with van der Waals surface area (Å²) < 4.78 is 10.4. The highest BCUT2D eigenvalue weighted by molar-refractivity contribution is 6.09. The second-order valence-corrected chi connectivity index (χ2v) is 4.70. The van der Waals surface area contributed by atoms with Gasteiger partial charge in [-0.2, -0.15) is 0 Å². The zero-order valence-corrected chi connectivity index (χ0v) is 12.2. The van der Waals surface area contributed by atoms with Crippen LogP contribution < -0.4 is 9.47 Å². The van der Waals surface area contributed by atoms with E-state index in [2.05, 4.69) is 0 Å². The largest absolute Gasteiger partial charge is 0.497 e. The first-order valence-electron chi connectivity index (χ1n) is 6.40. The first-order chi connectivity index (χ1) is 9.56. The number of hydrogen-bond donors (Lipinski definition) is 0. The number of methoxy groups -OCH3 is 2. The molecule has 0 atom stereocenters. The van der Waals surface area contributed by atoms with Crippen molar-refractivity contribution in [2.24, 2.45) is 0 Å². The van der Waals surface area contributed by atoms with E-state index in [1.165, 1.54) is 0 Å². The molecule has 2 rings (SSSR count). The zero-order valence-electron chi connectivity index (χ0n) is 12.2. The number of rotatable bonds is 4. The zero-order chi connectivity index (χ0) is 14.7. The quantitative estimate of drug-likeness (QED) is 0.797. The fourth-order valence-electron chi connectivity index (χ4n) is 2.31. The van der Waals surface area contributed by atoms with E-state index in [-0.39, 0.29) is 5.78 Å². The van der Waals surface area contributed by atoms with Gasteiger partial charge in [0.1, 0.15) is 11.5 Å². The van der Waals surface area contributed by atoms with Crippen LogP contribution in [0.25, 0.3) is 0 Å². The van der Waals surface area contributed by atoms with Crippen LogP contribution in [-0.4, -0.2) is 20.0 Å². The normalized spacial score (nSPS) is 10.2. The third-order valence-corrected chi connectivity index (χ3v) is 3.28. The molecule has 2 aromatic rings. The van der Waals surface area contributed by atoms with E-state index in [0.29, 0.717) is 11.1 Å². The lowest BCUT2D eigenvalue weighted by atomic mass is 9.98. The average molecular weight is 270 g/mol. The van der Waals surface area contributed by atoms with Gasteiger partial charge in [-0.25, -0.2) is 0 Å². The molecule has 0 unspecified atom stereocenters. The molecule has 0 radical (unpaired) electrons. The standard InChI is InChI=1S/C17H18O3/c1-11-9-14(10-12(2)17(11)20-4)16(18)13-5-7-15(19-3)8-6-13/h5-10H,1-4H3. The summed E-state index contributed by atoms with van der Waals surface area (Å²) in [5, 5.41) is 0. The van der Waals surface area contributed by atoms with Crippen molar-refractivity contribution in [3.8, 4) is 11.5 Å². The van der Waals surface area contributed by atoms with Crippen molar-refractivity contribution >= 4 is 5.78 Å². The van der Waals surface area contributed by atoms with Crippen molar-refractivity contribution in [2.75, 3.05) is 14.2 Å². The van der Waals surface area contributed by atoms with Crippen molar-refractivity contribution in [3.63, 3.8) is 0 Å². The van der Waals surface area contributed by atoms with Gasteiger partial charge < -0.3 is 9.47 Å². The van der Waals surface area contributed by atoms with Crippen LogP contribution >= 0.6 is 0 Å². The van der Waals surface area contributed by atoms with Gasteiger partial charge >= 0.3 is 0 Å². The molecule has 2 aromatic carbocycles. The van der Waals surface area contributed by atoms with E-state index in [9.17, 15) is 4.79 Å². The molecule has 0 bridgehead atoms. The summed E-state index contributed by atoms with van der Waals surface area (Å²) in [5.74, 6) is 1.57. The predicted octanol–water partition coefficient (Wildman–Crippen LogP) is 3.55. The molecule has 0 fully saturated rings. The summed E-state index contributed by atoms with van der Waals surface area (Å²) in [7, 11) is 3.24. The van der Waals surface area contributed by atoms with Crippen LogP contribution in [0.15, 0.2) is 36.4 Å². The number of ether oxygens (including phenoxy) is 2. The Bertz CT molecular complexity index is 604. The van der Waals surface area contributed by atoms with Crippen LogP contribution in [0.3, 0.4) is 0 Å². The van der Waals surface area contributed by atoms with Gasteiger partial charge in [0.25, 0.3) is 0 Å². The highest BCUT2D eigenvalue weighted by Crippen LogP contribution is 2.25. The minimum Gasteiger partial charge on any atom is -0.497 e. The van der Waals surface area contributed by atoms with Gasteiger partial charge in [0.05, 0.1) is 14.2 Å². The van der Waals surface area contributed by atoms with Gasteiger partial charge in [-0.15, -0.1) is 0 Å². The van der Waals surface area contributed by atoms with Crippen molar-refractivity contribution < 1.29 is 14.3 Å². The summed E-state index contributed by atoms with van der Waals surface area (Å²) >= 11 is 0. The third kappa shape index (κ3) is 2.67. The fraction of sp³-hybridized carbons (Fsp3) is 0.235. The second kappa shape index (κ2) is 5.78. The van der Waals surface area contributed by atoms with E-state index in [4.69, 9.17) is 9.47 Å².